The number of fused-ring (bicyclic) bond motifs is 1. The minimum Gasteiger partial charge on any atom is -0.379 e. The number of nitrogens with one attached hydrogen (secondary N) is 4. The van der Waals surface area contributed by atoms with Gasteiger partial charge in [0.25, 0.3) is 0 Å². The molecule has 5 heterocycles. The van der Waals surface area contributed by atoms with Crippen molar-refractivity contribution in [1.29, 1.82) is 0 Å². The summed E-state index contributed by atoms with van der Waals surface area (Å²) in [5, 5.41) is 13.0. The number of methoxy groups -OCH3 is 1. The first-order valence-corrected chi connectivity index (χ1v) is 26.6. The molecule has 5 fully saturated rings. The van der Waals surface area contributed by atoms with Crippen LogP contribution in [0.1, 0.15) is 131 Å². The van der Waals surface area contributed by atoms with E-state index in [0.717, 1.165) is 56.4 Å². The largest absolute Gasteiger partial charge is 0.417 e. The second-order valence-corrected chi connectivity index (χ2v) is 21.2. The summed E-state index contributed by atoms with van der Waals surface area (Å²) in [5.41, 5.74) is 0.202. The number of rotatable bonds is 20. The van der Waals surface area contributed by atoms with E-state index in [9.17, 15) is 37.1 Å². The monoisotopic (exact) mass is 1020 g/mol. The van der Waals surface area contributed by atoms with E-state index in [2.05, 4.69) is 31.2 Å². The lowest BCUT2D eigenvalue weighted by molar-refractivity contribution is -0.144. The lowest BCUT2D eigenvalue weighted by Crippen LogP contribution is -2.51. The predicted octanol–water partition coefficient (Wildman–Crippen LogP) is 4.95. The van der Waals surface area contributed by atoms with Crippen molar-refractivity contribution in [2.24, 2.45) is 17.3 Å². The molecule has 2 aromatic heterocycles. The third kappa shape index (κ3) is 14.1. The van der Waals surface area contributed by atoms with E-state index in [0.29, 0.717) is 122 Å². The minimum absolute atomic E-state index is 0.00670. The number of aromatic nitrogens is 2. The highest BCUT2D eigenvalue weighted by Crippen LogP contribution is 2.44. The number of ether oxygens (including phenoxy) is 4. The first-order valence-electron chi connectivity index (χ1n) is 26.6. The molecule has 6 aliphatic rings. The van der Waals surface area contributed by atoms with Gasteiger partial charge in [-0.05, 0) is 113 Å². The standard InChI is InChI=1S/C53H75F3N8O9/c1-63-47(66)28-42(48(63)35-5-3-20-57-30-35)50(68)59-22-26-73-41-13-11-40(12-14-41)72-24-4-6-46(65)62-38-9-7-34(8-10-38)49(67)58-21-19-52(18-15-39(29-52)61-44-17-25-71-33-45(44)70-2)51(69)64-23-16-43-36(32-64)27-37(31-60-43)53(54,55)56/h3,5,20,27,30-31,34,38-42,44-45,48,61H,4,6-19,21-26,28-29,32-33H2,1-2H3,(H,58,67)(H,59,68)(H,62,65)/t34-,38-,39-,40-,41-,42+,44+,45-,48-,52-/m1/s1. The van der Waals surface area contributed by atoms with Crippen molar-refractivity contribution in [3.63, 3.8) is 0 Å². The Balaban J connectivity index is 0.706. The molecule has 3 aliphatic heterocycles. The SMILES string of the molecule is CO[C@@H]1COCC[C@@H]1N[C@@H]1CC[C@](CCNC(=O)[C@H]2CC[C@H](NC(=O)CCCO[C@H]3CC[C@H](OCCNC(=O)[C@H]4CC(=O)N(C)[C@@H]4c4cccnc4)CC3)CC2)(C(=O)N2CCc3ncc(C(F)(F)F)cc3C2)C1. The first-order chi connectivity index (χ1) is 35.2. The number of carbonyl (C=O) groups excluding carboxylic acids is 5. The molecule has 0 bridgehead atoms. The van der Waals surface area contributed by atoms with Crippen LogP contribution in [0.4, 0.5) is 13.2 Å². The first kappa shape index (κ1) is 54.5. The highest BCUT2D eigenvalue weighted by molar-refractivity contribution is 5.90. The summed E-state index contributed by atoms with van der Waals surface area (Å²) in [7, 11) is 3.38. The Bertz CT molecular complexity index is 2190. The van der Waals surface area contributed by atoms with Gasteiger partial charge in [0, 0.05) is 121 Å². The van der Waals surface area contributed by atoms with Gasteiger partial charge in [0.2, 0.25) is 29.5 Å². The zero-order valence-electron chi connectivity index (χ0n) is 42.4. The third-order valence-electron chi connectivity index (χ3n) is 16.4. The Morgan fingerprint density at radius 1 is 0.918 bits per heavy atom. The Labute approximate surface area is 426 Å². The summed E-state index contributed by atoms with van der Waals surface area (Å²) in [4.78, 5) is 78.2. The zero-order valence-corrected chi connectivity index (χ0v) is 42.4. The van der Waals surface area contributed by atoms with E-state index in [1.807, 2.05) is 6.07 Å². The fourth-order valence-corrected chi connectivity index (χ4v) is 12.2. The van der Waals surface area contributed by atoms with Crippen LogP contribution in [0.5, 0.6) is 0 Å². The van der Waals surface area contributed by atoms with Gasteiger partial charge in [-0.2, -0.15) is 13.2 Å². The number of hydrogen-bond donors (Lipinski definition) is 4. The summed E-state index contributed by atoms with van der Waals surface area (Å²) >= 11 is 0. The topological polar surface area (TPSA) is 203 Å². The van der Waals surface area contributed by atoms with Crippen LogP contribution in [0.15, 0.2) is 36.8 Å². The summed E-state index contributed by atoms with van der Waals surface area (Å²) in [5.74, 6) is -1.10. The van der Waals surface area contributed by atoms with Crippen molar-refractivity contribution in [2.45, 2.75) is 164 Å². The molecular formula is C53H75F3N8O9. The van der Waals surface area contributed by atoms with Crippen molar-refractivity contribution in [2.75, 3.05) is 60.2 Å². The number of halogens is 3. The average Bonchev–Trinajstić information content (AvgIpc) is 3.95. The number of carbonyl (C=O) groups is 5. The molecule has 402 valence electrons. The van der Waals surface area contributed by atoms with E-state index in [-0.39, 0.29) is 90.9 Å². The van der Waals surface area contributed by atoms with Crippen LogP contribution in [-0.4, -0.2) is 146 Å². The number of alkyl halides is 3. The Hall–Kier alpha value is -4.76. The maximum atomic E-state index is 14.6. The second kappa shape index (κ2) is 25.2. The lowest BCUT2D eigenvalue weighted by Gasteiger charge is -2.38. The summed E-state index contributed by atoms with van der Waals surface area (Å²) in [6, 6.07) is 4.55. The van der Waals surface area contributed by atoms with Gasteiger partial charge in [0.15, 0.2) is 0 Å². The number of amides is 5. The van der Waals surface area contributed by atoms with E-state index >= 15 is 0 Å². The van der Waals surface area contributed by atoms with Crippen molar-refractivity contribution < 1.29 is 56.1 Å². The zero-order chi connectivity index (χ0) is 51.5. The van der Waals surface area contributed by atoms with Crippen LogP contribution < -0.4 is 21.3 Å². The highest BCUT2D eigenvalue weighted by Gasteiger charge is 2.49. The Morgan fingerprint density at radius 3 is 2.40 bits per heavy atom. The van der Waals surface area contributed by atoms with Gasteiger partial charge >= 0.3 is 6.18 Å². The fourth-order valence-electron chi connectivity index (χ4n) is 12.2. The second-order valence-electron chi connectivity index (χ2n) is 21.2. The van der Waals surface area contributed by atoms with Crippen LogP contribution in [0.3, 0.4) is 0 Å². The number of nitrogens with zero attached hydrogens (tertiary/aromatic N) is 4. The van der Waals surface area contributed by atoms with Crippen molar-refractivity contribution in [3.8, 4) is 0 Å². The molecule has 20 heteroatoms. The predicted molar refractivity (Wildman–Crippen MR) is 261 cm³/mol. The fraction of sp³-hybridized carbons (Fsp3) is 0.717. The van der Waals surface area contributed by atoms with Crippen LogP contribution in [0.2, 0.25) is 0 Å². The lowest BCUT2D eigenvalue weighted by atomic mass is 9.80. The molecule has 0 radical (unpaired) electrons. The molecule has 73 heavy (non-hydrogen) atoms. The molecule has 0 spiro atoms. The maximum absolute atomic E-state index is 14.6. The van der Waals surface area contributed by atoms with Crippen molar-refractivity contribution >= 4 is 29.5 Å². The highest BCUT2D eigenvalue weighted by atomic mass is 19.4. The number of likely N-dealkylation sites (tertiary alicyclic amines) is 1. The molecule has 8 rings (SSSR count). The van der Waals surface area contributed by atoms with Gasteiger partial charge in [-0.15, -0.1) is 0 Å². The van der Waals surface area contributed by atoms with Gasteiger partial charge in [-0.1, -0.05) is 6.07 Å². The number of hydrogen-bond acceptors (Lipinski definition) is 12. The van der Waals surface area contributed by atoms with Gasteiger partial charge in [-0.3, -0.25) is 33.9 Å². The van der Waals surface area contributed by atoms with Crippen LogP contribution in [0, 0.1) is 17.3 Å². The molecule has 0 aromatic carbocycles. The van der Waals surface area contributed by atoms with Gasteiger partial charge in [0.1, 0.15) is 0 Å². The summed E-state index contributed by atoms with van der Waals surface area (Å²) < 4.78 is 64.4. The van der Waals surface area contributed by atoms with Gasteiger partial charge < -0.3 is 50.0 Å². The normalized spacial score (nSPS) is 29.7. The van der Waals surface area contributed by atoms with E-state index in [1.54, 1.807) is 42.4 Å². The molecule has 5 amide bonds. The van der Waals surface area contributed by atoms with Gasteiger partial charge in [-0.25, -0.2) is 0 Å². The molecule has 6 atom stereocenters. The van der Waals surface area contributed by atoms with E-state index < -0.39 is 23.1 Å². The van der Waals surface area contributed by atoms with Crippen LogP contribution in [0.25, 0.3) is 0 Å². The smallest absolute Gasteiger partial charge is 0.379 e. The minimum atomic E-state index is -4.54. The van der Waals surface area contributed by atoms with Crippen LogP contribution >= 0.6 is 0 Å². The Morgan fingerprint density at radius 2 is 1.67 bits per heavy atom. The van der Waals surface area contributed by atoms with Crippen LogP contribution in [-0.2, 0) is 62.1 Å². The molecule has 4 N–H and O–H groups in total. The molecule has 3 aliphatic carbocycles. The Kier molecular flexibility index (Phi) is 18.8. The maximum Gasteiger partial charge on any atom is 0.417 e. The van der Waals surface area contributed by atoms with Crippen molar-refractivity contribution in [3.05, 3.63) is 59.2 Å². The molecule has 2 aromatic rings. The summed E-state index contributed by atoms with van der Waals surface area (Å²) in [6.07, 6.45) is 10.4. The molecule has 2 saturated heterocycles. The molecule has 0 unspecified atom stereocenters. The van der Waals surface area contributed by atoms with Gasteiger partial charge in [0.05, 0.1) is 54.5 Å². The van der Waals surface area contributed by atoms with Crippen molar-refractivity contribution in [1.82, 2.24) is 41.0 Å². The third-order valence-corrected chi connectivity index (χ3v) is 16.4. The van der Waals surface area contributed by atoms with E-state index in [1.165, 1.54) is 0 Å². The quantitative estimate of drug-likeness (QED) is 0.130. The summed E-state index contributed by atoms with van der Waals surface area (Å²) in [6.45, 7) is 3.05. The number of pyridine rings is 2. The molecule has 17 nitrogen and oxygen atoms in total. The average molecular weight is 1030 g/mol. The molecule has 3 saturated carbocycles. The molecular weight excluding hydrogens is 950 g/mol. The van der Waals surface area contributed by atoms with E-state index in [4.69, 9.17) is 18.9 Å².